The molecule has 0 saturated carbocycles. The molecule has 158 valence electrons. The Bertz CT molecular complexity index is 944. The van der Waals surface area contributed by atoms with Crippen molar-refractivity contribution in [1.29, 1.82) is 5.26 Å². The SMILES string of the molecule is N#Cc1ccc(CNC(=O)C2CCN(Cc3cccc(F)c3)CC2)c(C(F)(F)F)c1. The zero-order valence-corrected chi connectivity index (χ0v) is 16.2. The first-order valence-corrected chi connectivity index (χ1v) is 9.61. The molecule has 0 aliphatic carbocycles. The van der Waals surface area contributed by atoms with Crippen LogP contribution in [0.15, 0.2) is 42.5 Å². The summed E-state index contributed by atoms with van der Waals surface area (Å²) in [6, 6.07) is 11.4. The molecule has 1 heterocycles. The minimum Gasteiger partial charge on any atom is -0.352 e. The van der Waals surface area contributed by atoms with Crippen molar-refractivity contribution in [3.8, 4) is 6.07 Å². The lowest BCUT2D eigenvalue weighted by molar-refractivity contribution is -0.138. The zero-order chi connectivity index (χ0) is 21.7. The third-order valence-corrected chi connectivity index (χ3v) is 5.25. The molecule has 1 aliphatic heterocycles. The van der Waals surface area contributed by atoms with Gasteiger partial charge in [0, 0.05) is 19.0 Å². The number of hydrogen-bond donors (Lipinski definition) is 1. The summed E-state index contributed by atoms with van der Waals surface area (Å²) in [5.41, 5.74) is -0.202. The molecule has 1 saturated heterocycles. The maximum absolute atomic E-state index is 13.3. The number of halogens is 4. The molecule has 0 aromatic heterocycles. The minimum atomic E-state index is -4.60. The van der Waals surface area contributed by atoms with E-state index in [0.717, 1.165) is 11.6 Å². The summed E-state index contributed by atoms with van der Waals surface area (Å²) in [7, 11) is 0. The Kier molecular flexibility index (Phi) is 6.73. The number of nitrogens with zero attached hydrogens (tertiary/aromatic N) is 2. The number of alkyl halides is 3. The molecule has 2 aromatic carbocycles. The molecule has 1 amide bonds. The number of hydrogen-bond acceptors (Lipinski definition) is 3. The number of rotatable bonds is 5. The molecule has 0 spiro atoms. The van der Waals surface area contributed by atoms with Crippen LogP contribution in [0.25, 0.3) is 0 Å². The summed E-state index contributed by atoms with van der Waals surface area (Å²) in [6.45, 7) is 1.65. The third-order valence-electron chi connectivity index (χ3n) is 5.25. The number of piperidine rings is 1. The lowest BCUT2D eigenvalue weighted by Gasteiger charge is -2.31. The molecule has 0 radical (unpaired) electrons. The van der Waals surface area contributed by atoms with Crippen molar-refractivity contribution >= 4 is 5.91 Å². The highest BCUT2D eigenvalue weighted by molar-refractivity contribution is 5.78. The number of carbonyl (C=O) groups is 1. The van der Waals surface area contributed by atoms with Crippen molar-refractivity contribution in [3.05, 3.63) is 70.5 Å². The number of likely N-dealkylation sites (tertiary alicyclic amines) is 1. The van der Waals surface area contributed by atoms with Gasteiger partial charge >= 0.3 is 6.18 Å². The Morgan fingerprint density at radius 2 is 1.90 bits per heavy atom. The molecular weight excluding hydrogens is 398 g/mol. The standard InChI is InChI=1S/C22H21F4N3O/c23-19-3-1-2-16(10-19)14-29-8-6-17(7-9-29)21(30)28-13-18-5-4-15(12-27)11-20(18)22(24,25)26/h1-5,10-11,17H,6-9,13-14H2,(H,28,30). The van der Waals surface area contributed by atoms with Crippen LogP contribution in [-0.2, 0) is 24.1 Å². The van der Waals surface area contributed by atoms with E-state index in [-0.39, 0.29) is 35.3 Å². The van der Waals surface area contributed by atoms with Gasteiger partial charge in [0.1, 0.15) is 5.82 Å². The maximum atomic E-state index is 13.3. The smallest absolute Gasteiger partial charge is 0.352 e. The molecule has 2 aromatic rings. The average Bonchev–Trinajstić information content (AvgIpc) is 2.72. The number of carbonyl (C=O) groups excluding carboxylic acids is 1. The lowest BCUT2D eigenvalue weighted by atomic mass is 9.95. The van der Waals surface area contributed by atoms with Crippen LogP contribution < -0.4 is 5.32 Å². The number of nitriles is 1. The van der Waals surface area contributed by atoms with E-state index < -0.39 is 11.7 Å². The van der Waals surface area contributed by atoms with E-state index in [1.807, 2.05) is 6.07 Å². The van der Waals surface area contributed by atoms with Crippen molar-refractivity contribution in [1.82, 2.24) is 10.2 Å². The van der Waals surface area contributed by atoms with Crippen LogP contribution in [0.3, 0.4) is 0 Å². The van der Waals surface area contributed by atoms with E-state index in [1.165, 1.54) is 24.3 Å². The predicted octanol–water partition coefficient (Wildman–Crippen LogP) is 4.24. The van der Waals surface area contributed by atoms with E-state index in [9.17, 15) is 22.4 Å². The summed E-state index contributed by atoms with van der Waals surface area (Å²) < 4.78 is 53.0. The van der Waals surface area contributed by atoms with Crippen LogP contribution in [0.4, 0.5) is 17.6 Å². The minimum absolute atomic E-state index is 0.0709. The third kappa shape index (κ3) is 5.57. The highest BCUT2D eigenvalue weighted by Crippen LogP contribution is 2.32. The largest absolute Gasteiger partial charge is 0.416 e. The first-order chi connectivity index (χ1) is 14.3. The van der Waals surface area contributed by atoms with Crippen LogP contribution in [0.1, 0.15) is 35.1 Å². The second-order valence-corrected chi connectivity index (χ2v) is 7.38. The second kappa shape index (κ2) is 9.26. The van der Waals surface area contributed by atoms with Crippen molar-refractivity contribution in [2.24, 2.45) is 5.92 Å². The van der Waals surface area contributed by atoms with Crippen LogP contribution in [0, 0.1) is 23.1 Å². The summed E-state index contributed by atoms with van der Waals surface area (Å²) in [5, 5.41) is 11.4. The number of nitrogens with one attached hydrogen (secondary N) is 1. The van der Waals surface area contributed by atoms with Gasteiger partial charge in [0.05, 0.1) is 17.2 Å². The quantitative estimate of drug-likeness (QED) is 0.738. The fraction of sp³-hybridized carbons (Fsp3) is 0.364. The maximum Gasteiger partial charge on any atom is 0.416 e. The Hall–Kier alpha value is -2.92. The molecule has 0 unspecified atom stereocenters. The van der Waals surface area contributed by atoms with Crippen LogP contribution in [0.2, 0.25) is 0 Å². The Morgan fingerprint density at radius 3 is 2.53 bits per heavy atom. The van der Waals surface area contributed by atoms with Gasteiger partial charge in [-0.2, -0.15) is 18.4 Å². The molecule has 30 heavy (non-hydrogen) atoms. The monoisotopic (exact) mass is 419 g/mol. The molecule has 1 N–H and O–H groups in total. The second-order valence-electron chi connectivity index (χ2n) is 7.38. The van der Waals surface area contributed by atoms with Crippen molar-refractivity contribution in [2.45, 2.75) is 32.1 Å². The predicted molar refractivity (Wildman–Crippen MR) is 102 cm³/mol. The van der Waals surface area contributed by atoms with Gasteiger partial charge in [-0.05, 0) is 61.3 Å². The lowest BCUT2D eigenvalue weighted by Crippen LogP contribution is -2.40. The van der Waals surface area contributed by atoms with E-state index >= 15 is 0 Å². The van der Waals surface area contributed by atoms with Gasteiger partial charge in [0.25, 0.3) is 0 Å². The Labute approximate surface area is 172 Å². The van der Waals surface area contributed by atoms with Gasteiger partial charge in [0.15, 0.2) is 0 Å². The van der Waals surface area contributed by atoms with E-state index in [1.54, 1.807) is 12.1 Å². The first kappa shape index (κ1) is 21.8. The zero-order valence-electron chi connectivity index (χ0n) is 16.2. The van der Waals surface area contributed by atoms with Gasteiger partial charge < -0.3 is 5.32 Å². The molecule has 0 atom stereocenters. The Morgan fingerprint density at radius 1 is 1.17 bits per heavy atom. The van der Waals surface area contributed by atoms with E-state index in [4.69, 9.17) is 5.26 Å². The van der Waals surface area contributed by atoms with Crippen LogP contribution in [-0.4, -0.2) is 23.9 Å². The Balaban J connectivity index is 1.54. The van der Waals surface area contributed by atoms with Crippen molar-refractivity contribution in [3.63, 3.8) is 0 Å². The van der Waals surface area contributed by atoms with E-state index in [0.29, 0.717) is 32.5 Å². The number of benzene rings is 2. The summed E-state index contributed by atoms with van der Waals surface area (Å²) >= 11 is 0. The van der Waals surface area contributed by atoms with Gasteiger partial charge in [0.2, 0.25) is 5.91 Å². The highest BCUT2D eigenvalue weighted by Gasteiger charge is 2.34. The summed E-state index contributed by atoms with van der Waals surface area (Å²) in [6.07, 6.45) is -3.43. The fourth-order valence-corrected chi connectivity index (χ4v) is 3.64. The summed E-state index contributed by atoms with van der Waals surface area (Å²) in [5.74, 6) is -0.845. The molecule has 0 bridgehead atoms. The molecule has 1 aliphatic rings. The van der Waals surface area contributed by atoms with Gasteiger partial charge in [-0.3, -0.25) is 9.69 Å². The normalized spacial score (nSPS) is 15.6. The fourth-order valence-electron chi connectivity index (χ4n) is 3.64. The van der Waals surface area contributed by atoms with E-state index in [2.05, 4.69) is 10.2 Å². The molecule has 3 rings (SSSR count). The summed E-state index contributed by atoms with van der Waals surface area (Å²) in [4.78, 5) is 14.6. The van der Waals surface area contributed by atoms with Crippen molar-refractivity contribution < 1.29 is 22.4 Å². The van der Waals surface area contributed by atoms with Gasteiger partial charge in [-0.25, -0.2) is 4.39 Å². The molecule has 1 fully saturated rings. The molecule has 4 nitrogen and oxygen atoms in total. The topological polar surface area (TPSA) is 56.1 Å². The molecular formula is C22H21F4N3O. The van der Waals surface area contributed by atoms with Gasteiger partial charge in [-0.15, -0.1) is 0 Å². The van der Waals surface area contributed by atoms with Crippen LogP contribution in [0.5, 0.6) is 0 Å². The first-order valence-electron chi connectivity index (χ1n) is 9.61. The highest BCUT2D eigenvalue weighted by atomic mass is 19.4. The average molecular weight is 419 g/mol. The number of amides is 1. The van der Waals surface area contributed by atoms with Gasteiger partial charge in [-0.1, -0.05) is 18.2 Å². The van der Waals surface area contributed by atoms with Crippen molar-refractivity contribution in [2.75, 3.05) is 13.1 Å². The van der Waals surface area contributed by atoms with Crippen LogP contribution >= 0.6 is 0 Å². The molecule has 8 heteroatoms.